The van der Waals surface area contributed by atoms with Crippen LogP contribution in [0, 0.1) is 0 Å². The quantitative estimate of drug-likeness (QED) is 0.338. The van der Waals surface area contributed by atoms with Gasteiger partial charge in [-0.2, -0.15) is 0 Å². The summed E-state index contributed by atoms with van der Waals surface area (Å²) in [5, 5.41) is 0. The number of ether oxygens (including phenoxy) is 1. The van der Waals surface area contributed by atoms with E-state index in [0.717, 1.165) is 61.4 Å². The number of pyridine rings is 1. The van der Waals surface area contributed by atoms with Gasteiger partial charge in [-0.3, -0.25) is 9.69 Å². The van der Waals surface area contributed by atoms with Crippen molar-refractivity contribution >= 4 is 28.8 Å². The van der Waals surface area contributed by atoms with E-state index in [1.165, 1.54) is 0 Å². The van der Waals surface area contributed by atoms with Crippen LogP contribution < -0.4 is 4.90 Å². The molecule has 0 saturated heterocycles. The Hall–Kier alpha value is -2.89. The zero-order valence-corrected chi connectivity index (χ0v) is 17.4. The first kappa shape index (κ1) is 20.8. The maximum Gasteiger partial charge on any atom is 0.305 e. The highest BCUT2D eigenvalue weighted by atomic mass is 16.5. The molecular weight excluding hydrogens is 364 g/mol. The number of nitrogens with zero attached hydrogens (tertiary/aromatic N) is 4. The van der Waals surface area contributed by atoms with E-state index in [0.29, 0.717) is 13.0 Å². The molecule has 0 atom stereocenters. The van der Waals surface area contributed by atoms with E-state index in [9.17, 15) is 4.79 Å². The van der Waals surface area contributed by atoms with E-state index in [2.05, 4.69) is 27.6 Å². The smallest absolute Gasteiger partial charge is 0.305 e. The standard InChI is InChI=1S/C23H30N4O2/c1-3-29-22(28)16-7-5-4-6-12-18-27(21-15-10-11-17-24-21)23-25-19-13-8-9-14-20(19)26(23)2/h8-11,13-15,17H,3-7,12,16,18H2,1-2H3. The summed E-state index contributed by atoms with van der Waals surface area (Å²) in [4.78, 5) is 23.0. The number of benzene rings is 1. The highest BCUT2D eigenvalue weighted by Gasteiger charge is 2.17. The van der Waals surface area contributed by atoms with Crippen molar-refractivity contribution in [3.63, 3.8) is 0 Å². The fraction of sp³-hybridized carbons (Fsp3) is 0.435. The molecule has 29 heavy (non-hydrogen) atoms. The molecule has 0 spiro atoms. The molecule has 2 heterocycles. The molecule has 0 saturated carbocycles. The first-order valence-corrected chi connectivity index (χ1v) is 10.5. The minimum atomic E-state index is -0.0873. The molecule has 2 aromatic heterocycles. The van der Waals surface area contributed by atoms with Crippen molar-refractivity contribution in [2.24, 2.45) is 7.05 Å². The highest BCUT2D eigenvalue weighted by molar-refractivity contribution is 5.79. The van der Waals surface area contributed by atoms with Crippen molar-refractivity contribution < 1.29 is 9.53 Å². The van der Waals surface area contributed by atoms with Crippen LogP contribution in [0.2, 0.25) is 0 Å². The first-order chi connectivity index (χ1) is 14.2. The lowest BCUT2D eigenvalue weighted by atomic mass is 10.1. The average Bonchev–Trinajstić information content (AvgIpc) is 3.07. The number of anilines is 2. The number of aromatic nitrogens is 3. The highest BCUT2D eigenvalue weighted by Crippen LogP contribution is 2.27. The van der Waals surface area contributed by atoms with E-state index in [-0.39, 0.29) is 5.97 Å². The summed E-state index contributed by atoms with van der Waals surface area (Å²) in [6.07, 6.45) is 7.55. The summed E-state index contributed by atoms with van der Waals surface area (Å²) < 4.78 is 7.10. The van der Waals surface area contributed by atoms with Crippen molar-refractivity contribution in [1.29, 1.82) is 0 Å². The van der Waals surface area contributed by atoms with E-state index >= 15 is 0 Å². The molecule has 0 N–H and O–H groups in total. The van der Waals surface area contributed by atoms with Crippen molar-refractivity contribution in [1.82, 2.24) is 14.5 Å². The Kier molecular flexibility index (Phi) is 7.61. The van der Waals surface area contributed by atoms with Crippen LogP contribution >= 0.6 is 0 Å². The third kappa shape index (κ3) is 5.56. The van der Waals surface area contributed by atoms with Crippen molar-refractivity contribution in [3.8, 4) is 0 Å². The molecular formula is C23H30N4O2. The van der Waals surface area contributed by atoms with Gasteiger partial charge in [0.15, 0.2) is 0 Å². The Morgan fingerprint density at radius 1 is 1.03 bits per heavy atom. The van der Waals surface area contributed by atoms with Crippen LogP contribution in [0.1, 0.15) is 45.4 Å². The number of unbranched alkanes of at least 4 members (excludes halogenated alkanes) is 4. The van der Waals surface area contributed by atoms with Gasteiger partial charge in [0, 0.05) is 26.2 Å². The fourth-order valence-electron chi connectivity index (χ4n) is 3.51. The average molecular weight is 395 g/mol. The van der Waals surface area contributed by atoms with Gasteiger partial charge in [-0.15, -0.1) is 0 Å². The Balaban J connectivity index is 1.59. The van der Waals surface area contributed by atoms with Crippen molar-refractivity contribution in [2.45, 2.75) is 45.4 Å². The second kappa shape index (κ2) is 10.6. The predicted molar refractivity (Wildman–Crippen MR) is 116 cm³/mol. The zero-order chi connectivity index (χ0) is 20.5. The summed E-state index contributed by atoms with van der Waals surface area (Å²) in [5.41, 5.74) is 2.10. The van der Waals surface area contributed by atoms with Crippen LogP contribution in [0.5, 0.6) is 0 Å². The topological polar surface area (TPSA) is 60.2 Å². The number of rotatable bonds is 11. The number of hydrogen-bond donors (Lipinski definition) is 0. The molecule has 3 rings (SSSR count). The summed E-state index contributed by atoms with van der Waals surface area (Å²) >= 11 is 0. The molecule has 0 amide bonds. The molecule has 0 aliphatic rings. The van der Waals surface area contributed by atoms with Gasteiger partial charge in [-0.25, -0.2) is 9.97 Å². The van der Waals surface area contributed by atoms with E-state index in [4.69, 9.17) is 9.72 Å². The van der Waals surface area contributed by atoms with Gasteiger partial charge < -0.3 is 9.30 Å². The number of carbonyl (C=O) groups is 1. The van der Waals surface area contributed by atoms with Gasteiger partial charge in [0.25, 0.3) is 0 Å². The third-order valence-corrected chi connectivity index (χ3v) is 5.00. The van der Waals surface area contributed by atoms with Crippen LogP contribution in [-0.4, -0.2) is 33.7 Å². The van der Waals surface area contributed by atoms with Crippen molar-refractivity contribution in [2.75, 3.05) is 18.1 Å². The lowest BCUT2D eigenvalue weighted by Gasteiger charge is -2.22. The third-order valence-electron chi connectivity index (χ3n) is 5.00. The SMILES string of the molecule is CCOC(=O)CCCCCCCN(c1ccccn1)c1nc2ccccc2n1C. The molecule has 0 aliphatic carbocycles. The summed E-state index contributed by atoms with van der Waals surface area (Å²) in [6.45, 7) is 3.16. The number of aryl methyl sites for hydroxylation is 1. The monoisotopic (exact) mass is 394 g/mol. The minimum Gasteiger partial charge on any atom is -0.466 e. The van der Waals surface area contributed by atoms with Gasteiger partial charge >= 0.3 is 5.97 Å². The predicted octanol–water partition coefficient (Wildman–Crippen LogP) is 5.01. The summed E-state index contributed by atoms with van der Waals surface area (Å²) in [6, 6.07) is 14.1. The van der Waals surface area contributed by atoms with Gasteiger partial charge in [0.05, 0.1) is 17.6 Å². The Morgan fingerprint density at radius 3 is 2.55 bits per heavy atom. The summed E-state index contributed by atoms with van der Waals surface area (Å²) in [7, 11) is 2.05. The molecule has 0 radical (unpaired) electrons. The van der Waals surface area contributed by atoms with Gasteiger partial charge in [-0.1, -0.05) is 37.5 Å². The van der Waals surface area contributed by atoms with Gasteiger partial charge in [-0.05, 0) is 44.0 Å². The molecule has 154 valence electrons. The molecule has 3 aromatic rings. The Bertz CT molecular complexity index is 908. The number of imidazole rings is 1. The van der Waals surface area contributed by atoms with Gasteiger partial charge in [0.1, 0.15) is 5.82 Å². The van der Waals surface area contributed by atoms with E-state index in [1.807, 2.05) is 49.5 Å². The van der Waals surface area contributed by atoms with Crippen LogP contribution in [0.25, 0.3) is 11.0 Å². The van der Waals surface area contributed by atoms with Crippen molar-refractivity contribution in [3.05, 3.63) is 48.7 Å². The zero-order valence-electron chi connectivity index (χ0n) is 17.4. The van der Waals surface area contributed by atoms with Crippen LogP contribution in [0.15, 0.2) is 48.7 Å². The van der Waals surface area contributed by atoms with Crippen LogP contribution in [0.4, 0.5) is 11.8 Å². The molecule has 0 fully saturated rings. The molecule has 0 bridgehead atoms. The lowest BCUT2D eigenvalue weighted by Crippen LogP contribution is -2.22. The van der Waals surface area contributed by atoms with E-state index in [1.54, 1.807) is 0 Å². The van der Waals surface area contributed by atoms with Crippen LogP contribution in [-0.2, 0) is 16.6 Å². The maximum absolute atomic E-state index is 11.4. The van der Waals surface area contributed by atoms with E-state index < -0.39 is 0 Å². The van der Waals surface area contributed by atoms with Gasteiger partial charge in [0.2, 0.25) is 5.95 Å². The normalized spacial score (nSPS) is 11.0. The second-order valence-corrected chi connectivity index (χ2v) is 7.12. The Morgan fingerprint density at radius 2 is 1.79 bits per heavy atom. The molecule has 1 aromatic carbocycles. The number of hydrogen-bond acceptors (Lipinski definition) is 5. The molecule has 0 aliphatic heterocycles. The van der Waals surface area contributed by atoms with Crippen LogP contribution in [0.3, 0.4) is 0 Å². The number of para-hydroxylation sites is 2. The first-order valence-electron chi connectivity index (χ1n) is 10.5. The molecule has 6 nitrogen and oxygen atoms in total. The number of carbonyl (C=O) groups excluding carboxylic acids is 1. The second-order valence-electron chi connectivity index (χ2n) is 7.12. The minimum absolute atomic E-state index is 0.0873. The number of fused-ring (bicyclic) bond motifs is 1. The number of esters is 1. The lowest BCUT2D eigenvalue weighted by molar-refractivity contribution is -0.143. The Labute approximate surface area is 172 Å². The maximum atomic E-state index is 11.4. The summed E-state index contributed by atoms with van der Waals surface area (Å²) in [5.74, 6) is 1.73. The molecule has 0 unspecified atom stereocenters. The molecule has 6 heteroatoms. The fourth-order valence-corrected chi connectivity index (χ4v) is 3.51. The largest absolute Gasteiger partial charge is 0.466 e.